The fourth-order valence-electron chi connectivity index (χ4n) is 3.41. The Morgan fingerprint density at radius 1 is 1.00 bits per heavy atom. The van der Waals surface area contributed by atoms with E-state index in [1.165, 1.54) is 0 Å². The largest absolute Gasteiger partial charge is 0.377 e. The van der Waals surface area contributed by atoms with Crippen LogP contribution in [0, 0.1) is 0 Å². The number of nitrogens with zero attached hydrogens (tertiary/aromatic N) is 2. The van der Waals surface area contributed by atoms with E-state index in [0.29, 0.717) is 36.6 Å². The highest BCUT2D eigenvalue weighted by Crippen LogP contribution is 2.17. The topological polar surface area (TPSA) is 63.6 Å². The summed E-state index contributed by atoms with van der Waals surface area (Å²) in [5.74, 6) is -0.210. The molecule has 6 nitrogen and oxygen atoms in total. The molecule has 1 N–H and O–H groups in total. The van der Waals surface area contributed by atoms with Crippen molar-refractivity contribution in [2.45, 2.75) is 13.0 Å². The summed E-state index contributed by atoms with van der Waals surface area (Å²) in [4.78, 5) is 27.2. The smallest absolute Gasteiger partial charge is 0.255 e. The Bertz CT molecular complexity index is 996. The summed E-state index contributed by atoms with van der Waals surface area (Å²) >= 11 is 0. The number of carbonyl (C=O) groups excluding carboxylic acids is 2. The first-order valence-corrected chi connectivity index (χ1v) is 9.65. The molecule has 3 aromatic rings. The number of hydrogen-bond acceptors (Lipinski definition) is 3. The second-order valence-electron chi connectivity index (χ2n) is 7.09. The van der Waals surface area contributed by atoms with Crippen LogP contribution < -0.4 is 5.32 Å². The Morgan fingerprint density at radius 2 is 1.76 bits per heavy atom. The van der Waals surface area contributed by atoms with Gasteiger partial charge in [0.05, 0.1) is 19.3 Å². The Balaban J connectivity index is 1.44. The summed E-state index contributed by atoms with van der Waals surface area (Å²) in [5.41, 5.74) is 2.74. The summed E-state index contributed by atoms with van der Waals surface area (Å²) in [5, 5.41) is 2.89. The van der Waals surface area contributed by atoms with E-state index in [1.807, 2.05) is 59.1 Å². The SMILES string of the molecule is CC1COCCN1C(=O)c1ccc(NC(=O)c2cccc(-n3cccc3)c2)cc1. The van der Waals surface area contributed by atoms with Gasteiger partial charge in [-0.25, -0.2) is 0 Å². The molecule has 1 aliphatic rings. The van der Waals surface area contributed by atoms with Crippen LogP contribution in [-0.4, -0.2) is 47.1 Å². The first-order valence-electron chi connectivity index (χ1n) is 9.65. The Kier molecular flexibility index (Phi) is 5.44. The molecule has 0 aliphatic carbocycles. The number of hydrogen-bond donors (Lipinski definition) is 1. The van der Waals surface area contributed by atoms with Gasteiger partial charge in [0.1, 0.15) is 0 Å². The highest BCUT2D eigenvalue weighted by molar-refractivity contribution is 6.05. The number of ether oxygens (including phenoxy) is 1. The van der Waals surface area contributed by atoms with Crippen LogP contribution in [-0.2, 0) is 4.74 Å². The van der Waals surface area contributed by atoms with Gasteiger partial charge in [-0.05, 0) is 61.5 Å². The third kappa shape index (κ3) is 4.22. The van der Waals surface area contributed by atoms with Crippen LogP contribution in [0.1, 0.15) is 27.6 Å². The lowest BCUT2D eigenvalue weighted by molar-refractivity contribution is 0.00359. The molecule has 1 fully saturated rings. The van der Waals surface area contributed by atoms with E-state index >= 15 is 0 Å². The fourth-order valence-corrected chi connectivity index (χ4v) is 3.41. The second kappa shape index (κ2) is 8.32. The molecule has 1 aromatic heterocycles. The van der Waals surface area contributed by atoms with Crippen LogP contribution in [0.5, 0.6) is 0 Å². The normalized spacial score (nSPS) is 16.4. The van der Waals surface area contributed by atoms with Gasteiger partial charge in [-0.1, -0.05) is 6.07 Å². The molecule has 0 bridgehead atoms. The summed E-state index contributed by atoms with van der Waals surface area (Å²) in [6.07, 6.45) is 3.87. The highest BCUT2D eigenvalue weighted by Gasteiger charge is 2.24. The quantitative estimate of drug-likeness (QED) is 0.742. The number of benzene rings is 2. The predicted octanol–water partition coefficient (Wildman–Crippen LogP) is 3.59. The maximum atomic E-state index is 12.7. The highest BCUT2D eigenvalue weighted by atomic mass is 16.5. The van der Waals surface area contributed by atoms with E-state index in [2.05, 4.69) is 5.32 Å². The van der Waals surface area contributed by atoms with Crippen molar-refractivity contribution in [3.05, 3.63) is 84.2 Å². The molecule has 4 rings (SSSR count). The molecule has 29 heavy (non-hydrogen) atoms. The van der Waals surface area contributed by atoms with Crippen molar-refractivity contribution in [2.24, 2.45) is 0 Å². The van der Waals surface area contributed by atoms with Crippen LogP contribution in [0.15, 0.2) is 73.1 Å². The van der Waals surface area contributed by atoms with Gasteiger partial charge in [0.2, 0.25) is 0 Å². The second-order valence-corrected chi connectivity index (χ2v) is 7.09. The average Bonchev–Trinajstić information content (AvgIpc) is 3.29. The Hall–Kier alpha value is -3.38. The van der Waals surface area contributed by atoms with Gasteiger partial charge in [0, 0.05) is 41.4 Å². The van der Waals surface area contributed by atoms with Gasteiger partial charge in [0.15, 0.2) is 0 Å². The molecule has 6 heteroatoms. The zero-order valence-corrected chi connectivity index (χ0v) is 16.2. The zero-order chi connectivity index (χ0) is 20.2. The number of morpholine rings is 1. The molecule has 0 saturated carbocycles. The average molecular weight is 389 g/mol. The van der Waals surface area contributed by atoms with Crippen molar-refractivity contribution in [2.75, 3.05) is 25.1 Å². The summed E-state index contributed by atoms with van der Waals surface area (Å²) in [6.45, 7) is 3.69. The Morgan fingerprint density at radius 3 is 2.48 bits per heavy atom. The first kappa shape index (κ1) is 19.0. The van der Waals surface area contributed by atoms with Crippen LogP contribution in [0.2, 0.25) is 0 Å². The minimum atomic E-state index is -0.195. The molecule has 1 aliphatic heterocycles. The van der Waals surface area contributed by atoms with E-state index in [9.17, 15) is 9.59 Å². The maximum Gasteiger partial charge on any atom is 0.255 e. The molecule has 148 valence electrons. The third-order valence-electron chi connectivity index (χ3n) is 5.03. The number of anilines is 1. The van der Waals surface area contributed by atoms with Crippen molar-refractivity contribution in [3.63, 3.8) is 0 Å². The van der Waals surface area contributed by atoms with Crippen LogP contribution in [0.4, 0.5) is 5.69 Å². The van der Waals surface area contributed by atoms with Gasteiger partial charge in [0.25, 0.3) is 11.8 Å². The van der Waals surface area contributed by atoms with Crippen molar-refractivity contribution in [1.29, 1.82) is 0 Å². The van der Waals surface area contributed by atoms with Gasteiger partial charge >= 0.3 is 0 Å². The predicted molar refractivity (Wildman–Crippen MR) is 111 cm³/mol. The number of rotatable bonds is 4. The van der Waals surface area contributed by atoms with Crippen LogP contribution in [0.3, 0.4) is 0 Å². The molecule has 2 aromatic carbocycles. The van der Waals surface area contributed by atoms with Gasteiger partial charge in [-0.3, -0.25) is 9.59 Å². The number of amides is 2. The molecule has 1 unspecified atom stereocenters. The van der Waals surface area contributed by atoms with Crippen molar-refractivity contribution >= 4 is 17.5 Å². The molecule has 2 amide bonds. The fraction of sp³-hybridized carbons (Fsp3) is 0.217. The monoisotopic (exact) mass is 389 g/mol. The molecule has 0 radical (unpaired) electrons. The van der Waals surface area contributed by atoms with E-state index in [1.54, 1.807) is 30.3 Å². The lowest BCUT2D eigenvalue weighted by Gasteiger charge is -2.33. The van der Waals surface area contributed by atoms with Gasteiger partial charge in [-0.2, -0.15) is 0 Å². The molecular formula is C23H23N3O3. The van der Waals surface area contributed by atoms with Crippen molar-refractivity contribution in [1.82, 2.24) is 9.47 Å². The van der Waals surface area contributed by atoms with Gasteiger partial charge < -0.3 is 19.5 Å². The van der Waals surface area contributed by atoms with Crippen LogP contribution in [0.25, 0.3) is 5.69 Å². The lowest BCUT2D eigenvalue weighted by Crippen LogP contribution is -2.47. The molecule has 0 spiro atoms. The van der Waals surface area contributed by atoms with E-state index < -0.39 is 0 Å². The molecular weight excluding hydrogens is 366 g/mol. The van der Waals surface area contributed by atoms with Crippen LogP contribution >= 0.6 is 0 Å². The number of nitrogens with one attached hydrogen (secondary N) is 1. The van der Waals surface area contributed by atoms with E-state index in [-0.39, 0.29) is 17.9 Å². The molecule has 1 saturated heterocycles. The summed E-state index contributed by atoms with van der Waals surface area (Å²) in [7, 11) is 0. The van der Waals surface area contributed by atoms with Gasteiger partial charge in [-0.15, -0.1) is 0 Å². The zero-order valence-electron chi connectivity index (χ0n) is 16.2. The molecule has 1 atom stereocenters. The maximum absolute atomic E-state index is 12.7. The standard InChI is InChI=1S/C23H23N3O3/c1-17-16-29-14-13-26(17)23(28)18-7-9-20(10-8-18)24-22(27)19-5-4-6-21(15-19)25-11-2-3-12-25/h2-12,15,17H,13-14,16H2,1H3,(H,24,27). The van der Waals surface area contributed by atoms with Crippen molar-refractivity contribution in [3.8, 4) is 5.69 Å². The minimum Gasteiger partial charge on any atom is -0.377 e. The summed E-state index contributed by atoms with van der Waals surface area (Å²) in [6, 6.07) is 18.4. The number of carbonyl (C=O) groups is 2. The lowest BCUT2D eigenvalue weighted by atomic mass is 10.1. The molecule has 2 heterocycles. The first-order chi connectivity index (χ1) is 14.1. The summed E-state index contributed by atoms with van der Waals surface area (Å²) < 4.78 is 7.34. The van der Waals surface area contributed by atoms with E-state index in [4.69, 9.17) is 4.74 Å². The Labute approximate surface area is 169 Å². The van der Waals surface area contributed by atoms with E-state index in [0.717, 1.165) is 5.69 Å². The third-order valence-corrected chi connectivity index (χ3v) is 5.03. The minimum absolute atomic E-state index is 0.0156. The van der Waals surface area contributed by atoms with Crippen molar-refractivity contribution < 1.29 is 14.3 Å². The number of aromatic nitrogens is 1.